The van der Waals surface area contributed by atoms with Crippen LogP contribution in [-0.4, -0.2) is 29.5 Å². The van der Waals surface area contributed by atoms with Gasteiger partial charge in [-0.25, -0.2) is 0 Å². The molecule has 1 aliphatic carbocycles. The maximum atomic E-state index is 4.48. The van der Waals surface area contributed by atoms with E-state index in [2.05, 4.69) is 25.4 Å². The minimum atomic E-state index is 0.0769. The third kappa shape index (κ3) is 2.00. The van der Waals surface area contributed by atoms with Gasteiger partial charge < -0.3 is 0 Å². The van der Waals surface area contributed by atoms with Crippen molar-refractivity contribution in [2.45, 2.75) is 25.7 Å². The molecular weight excluding hydrogens is 265 g/mol. The summed E-state index contributed by atoms with van der Waals surface area (Å²) in [6.07, 6.45) is 5.57. The summed E-state index contributed by atoms with van der Waals surface area (Å²) in [6, 6.07) is 6.23. The van der Waals surface area contributed by atoms with Crippen molar-refractivity contribution < 1.29 is 0 Å². The Hall–Kier alpha value is -0.861. The molecule has 1 saturated carbocycles. The molecule has 0 radical (unpaired) electrons. The topological polar surface area (TPSA) is 37.8 Å². The van der Waals surface area contributed by atoms with E-state index in [0.29, 0.717) is 0 Å². The molecule has 0 spiro atoms. The molecule has 1 aromatic carbocycles. The number of aromatic nitrogens is 2. The summed E-state index contributed by atoms with van der Waals surface area (Å²) in [4.78, 5) is 0. The van der Waals surface area contributed by atoms with E-state index in [1.807, 2.05) is 6.07 Å². The molecule has 0 atom stereocenters. The van der Waals surface area contributed by atoms with Crippen LogP contribution in [0, 0.1) is 5.92 Å². The van der Waals surface area contributed by atoms with Gasteiger partial charge in [0, 0.05) is 0 Å². The van der Waals surface area contributed by atoms with Crippen molar-refractivity contribution >= 4 is 31.7 Å². The second-order valence-corrected chi connectivity index (χ2v) is 5.58. The van der Waals surface area contributed by atoms with Crippen molar-refractivity contribution in [2.75, 3.05) is 11.9 Å². The van der Waals surface area contributed by atoms with E-state index >= 15 is 0 Å². The zero-order valence-corrected chi connectivity index (χ0v) is 10.9. The molecule has 0 bridgehead atoms. The van der Waals surface area contributed by atoms with E-state index in [-0.39, 0.29) is 15.0 Å². The van der Waals surface area contributed by atoms with E-state index in [0.717, 1.165) is 23.5 Å². The first-order valence-electron chi connectivity index (χ1n) is 5.88. The Kier molecular flexibility index (Phi) is 2.94. The molecule has 1 N–H and O–H groups in total. The van der Waals surface area contributed by atoms with Gasteiger partial charge in [-0.3, -0.25) is 0 Å². The molecule has 3 rings (SSSR count). The molecule has 1 fully saturated rings. The molecule has 1 aliphatic rings. The van der Waals surface area contributed by atoms with Crippen LogP contribution in [0.25, 0.3) is 11.0 Å². The Labute approximate surface area is 101 Å². The fourth-order valence-electron chi connectivity index (χ4n) is 2.42. The Morgan fingerprint density at radius 2 is 2.12 bits per heavy atom. The number of rotatable bonds is 3. The van der Waals surface area contributed by atoms with E-state index < -0.39 is 0 Å². The molecule has 0 amide bonds. The number of benzene rings is 1. The molecule has 3 nitrogen and oxygen atoms in total. The summed E-state index contributed by atoms with van der Waals surface area (Å²) >= 11 is 0.0769. The number of nitrogens with one attached hydrogen (secondary N) is 1. The number of nitrogens with zero attached hydrogens (tertiary/aromatic N) is 2. The van der Waals surface area contributed by atoms with E-state index in [1.165, 1.54) is 31.4 Å². The van der Waals surface area contributed by atoms with Gasteiger partial charge in [0.1, 0.15) is 0 Å². The first kappa shape index (κ1) is 10.3. The van der Waals surface area contributed by atoms with E-state index in [9.17, 15) is 0 Å². The standard InChI is InChI=1S/C12H15N3Se/c1-2-5-9(4-1)8-13-10-6-3-7-11-12(10)15-16-14-11/h3,6-7,9,13H,1-2,4-5,8H2. The molecule has 16 heavy (non-hydrogen) atoms. The summed E-state index contributed by atoms with van der Waals surface area (Å²) < 4.78 is 8.87. The summed E-state index contributed by atoms with van der Waals surface area (Å²) in [7, 11) is 0. The predicted molar refractivity (Wildman–Crippen MR) is 66.9 cm³/mol. The van der Waals surface area contributed by atoms with Gasteiger partial charge in [0.25, 0.3) is 0 Å². The van der Waals surface area contributed by atoms with Crippen molar-refractivity contribution in [1.29, 1.82) is 0 Å². The Balaban J connectivity index is 1.75. The average Bonchev–Trinajstić information content (AvgIpc) is 2.97. The van der Waals surface area contributed by atoms with E-state index in [1.54, 1.807) is 0 Å². The zero-order chi connectivity index (χ0) is 10.8. The van der Waals surface area contributed by atoms with Crippen molar-refractivity contribution in [1.82, 2.24) is 7.96 Å². The van der Waals surface area contributed by atoms with Gasteiger partial charge in [0.15, 0.2) is 0 Å². The van der Waals surface area contributed by atoms with E-state index in [4.69, 9.17) is 0 Å². The van der Waals surface area contributed by atoms with Crippen LogP contribution in [0.1, 0.15) is 25.7 Å². The van der Waals surface area contributed by atoms with Crippen LogP contribution in [0.2, 0.25) is 0 Å². The normalized spacial score (nSPS) is 17.0. The second kappa shape index (κ2) is 4.56. The number of fused-ring (bicyclic) bond motifs is 1. The average molecular weight is 280 g/mol. The van der Waals surface area contributed by atoms with Crippen molar-refractivity contribution in [3.8, 4) is 0 Å². The Morgan fingerprint density at radius 3 is 3.00 bits per heavy atom. The van der Waals surface area contributed by atoms with Crippen LogP contribution < -0.4 is 5.32 Å². The van der Waals surface area contributed by atoms with Crippen molar-refractivity contribution in [3.05, 3.63) is 18.2 Å². The predicted octanol–water partition coefficient (Wildman–Crippen LogP) is 2.29. The van der Waals surface area contributed by atoms with Crippen LogP contribution in [0.15, 0.2) is 18.2 Å². The van der Waals surface area contributed by atoms with Crippen LogP contribution >= 0.6 is 0 Å². The second-order valence-electron chi connectivity index (χ2n) is 4.47. The first-order valence-corrected chi connectivity index (χ1v) is 7.42. The van der Waals surface area contributed by atoms with Gasteiger partial charge in [-0.2, -0.15) is 0 Å². The number of hydrogen-bond donors (Lipinski definition) is 1. The SMILES string of the molecule is c1cc(NCC2CCCC2)c2n[se]nc2c1. The summed E-state index contributed by atoms with van der Waals surface area (Å²) in [5.41, 5.74) is 3.32. The van der Waals surface area contributed by atoms with Crippen LogP contribution in [0.3, 0.4) is 0 Å². The Bertz CT molecular complexity index is 474. The monoisotopic (exact) mass is 281 g/mol. The molecular formula is C12H15N3Se. The molecule has 0 saturated heterocycles. The first-order chi connectivity index (χ1) is 7.93. The third-order valence-corrected chi connectivity index (χ3v) is 4.48. The van der Waals surface area contributed by atoms with Gasteiger partial charge >= 0.3 is 101 Å². The molecule has 1 heterocycles. The van der Waals surface area contributed by atoms with Gasteiger partial charge in [0.2, 0.25) is 0 Å². The Morgan fingerprint density at radius 1 is 1.25 bits per heavy atom. The molecule has 84 valence electrons. The van der Waals surface area contributed by atoms with Gasteiger partial charge in [-0.05, 0) is 0 Å². The molecule has 0 aliphatic heterocycles. The molecule has 1 aromatic heterocycles. The number of anilines is 1. The summed E-state index contributed by atoms with van der Waals surface area (Å²) in [5.74, 6) is 0.861. The fraction of sp³-hybridized carbons (Fsp3) is 0.500. The van der Waals surface area contributed by atoms with Crippen LogP contribution in [0.4, 0.5) is 5.69 Å². The number of hydrogen-bond acceptors (Lipinski definition) is 3. The summed E-state index contributed by atoms with van der Waals surface area (Å²) in [5, 5.41) is 3.54. The van der Waals surface area contributed by atoms with Gasteiger partial charge in [0.05, 0.1) is 0 Å². The zero-order valence-electron chi connectivity index (χ0n) is 9.15. The quantitative estimate of drug-likeness (QED) is 0.877. The summed E-state index contributed by atoms with van der Waals surface area (Å²) in [6.45, 7) is 1.10. The van der Waals surface area contributed by atoms with Crippen LogP contribution in [0.5, 0.6) is 0 Å². The van der Waals surface area contributed by atoms with Crippen LogP contribution in [-0.2, 0) is 0 Å². The minimum absolute atomic E-state index is 0.0769. The molecule has 0 unspecified atom stereocenters. The van der Waals surface area contributed by atoms with Crippen molar-refractivity contribution in [2.24, 2.45) is 5.92 Å². The maximum absolute atomic E-state index is 4.48. The molecule has 4 heteroatoms. The molecule has 2 aromatic rings. The fourth-order valence-corrected chi connectivity index (χ4v) is 3.57. The van der Waals surface area contributed by atoms with Crippen molar-refractivity contribution in [3.63, 3.8) is 0 Å². The van der Waals surface area contributed by atoms with Gasteiger partial charge in [-0.1, -0.05) is 0 Å². The third-order valence-electron chi connectivity index (χ3n) is 3.34. The van der Waals surface area contributed by atoms with Gasteiger partial charge in [-0.15, -0.1) is 0 Å².